The number of hydrogen-bond acceptors (Lipinski definition) is 2. The third-order valence-electron chi connectivity index (χ3n) is 9.33. The summed E-state index contributed by atoms with van der Waals surface area (Å²) >= 11 is 0. The molecule has 0 atom stereocenters. The molecule has 48 heavy (non-hydrogen) atoms. The normalized spacial score (nSPS) is 12.7. The van der Waals surface area contributed by atoms with Gasteiger partial charge in [0.05, 0.1) is 39.0 Å². The van der Waals surface area contributed by atoms with E-state index in [2.05, 4.69) is 172 Å². The van der Waals surface area contributed by atoms with E-state index in [1.165, 1.54) is 11.1 Å². The maximum atomic E-state index is 6.91. The van der Waals surface area contributed by atoms with Crippen molar-refractivity contribution in [2.75, 3.05) is 0 Å². The lowest BCUT2D eigenvalue weighted by Crippen LogP contribution is -2.10. The summed E-state index contributed by atoms with van der Waals surface area (Å²) in [5, 5.41) is 0. The lowest BCUT2D eigenvalue weighted by molar-refractivity contribution is 0.590. The highest BCUT2D eigenvalue weighted by Gasteiger charge is 2.17. The largest absolute Gasteiger partial charge is 0.456 e. The summed E-state index contributed by atoms with van der Waals surface area (Å²) in [5.41, 5.74) is 16.1. The Morgan fingerprint density at radius 1 is 0.479 bits per heavy atom. The Morgan fingerprint density at radius 2 is 0.958 bits per heavy atom. The number of aromatic nitrogens is 4. The number of rotatable bonds is 2. The quantitative estimate of drug-likeness (QED) is 0.178. The molecule has 5 heteroatoms. The molecule has 0 amide bonds. The molecule has 10 bridgehead atoms. The van der Waals surface area contributed by atoms with Crippen LogP contribution in [0.5, 0.6) is 0 Å². The molecule has 0 unspecified atom stereocenters. The lowest BCUT2D eigenvalue weighted by atomic mass is 9.86. The van der Waals surface area contributed by atoms with Crippen molar-refractivity contribution >= 4 is 56.4 Å². The molecule has 0 radical (unpaired) electrons. The van der Waals surface area contributed by atoms with E-state index < -0.39 is 0 Å². The average Bonchev–Trinajstić information content (AvgIpc) is 3.89. The van der Waals surface area contributed by atoms with Crippen molar-refractivity contribution in [2.24, 2.45) is 0 Å². The van der Waals surface area contributed by atoms with E-state index in [4.69, 9.17) is 9.40 Å². The van der Waals surface area contributed by atoms with Gasteiger partial charge in [-0.25, -0.2) is 4.98 Å². The molecule has 5 nitrogen and oxygen atoms in total. The second-order valence-corrected chi connectivity index (χ2v) is 14.9. The summed E-state index contributed by atoms with van der Waals surface area (Å²) in [6.45, 7) is 13.5. The van der Waals surface area contributed by atoms with Crippen LogP contribution in [0.1, 0.15) is 64.1 Å². The van der Waals surface area contributed by atoms with Gasteiger partial charge >= 0.3 is 0 Å². The first-order valence-corrected chi connectivity index (χ1v) is 16.6. The van der Waals surface area contributed by atoms with Crippen LogP contribution in [0.3, 0.4) is 0 Å². The van der Waals surface area contributed by atoms with E-state index in [1.807, 2.05) is 0 Å². The summed E-state index contributed by atoms with van der Waals surface area (Å²) in [7, 11) is 0. The Balaban J connectivity index is 1.47. The van der Waals surface area contributed by atoms with E-state index in [9.17, 15) is 0 Å². The van der Waals surface area contributed by atoms with Crippen molar-refractivity contribution in [1.82, 2.24) is 19.9 Å². The summed E-state index contributed by atoms with van der Waals surface area (Å²) < 4.78 is 6.91. The number of hydrogen-bond donors (Lipinski definition) is 3. The fourth-order valence-electron chi connectivity index (χ4n) is 6.55. The summed E-state index contributed by atoms with van der Waals surface area (Å²) in [6, 6.07) is 36.7. The zero-order valence-electron chi connectivity index (χ0n) is 28.3. The third kappa shape index (κ3) is 5.45. The van der Waals surface area contributed by atoms with Crippen LogP contribution in [0.4, 0.5) is 0 Å². The van der Waals surface area contributed by atoms with Gasteiger partial charge in [-0.15, -0.1) is 0 Å². The van der Waals surface area contributed by atoms with Crippen LogP contribution in [-0.4, -0.2) is 19.9 Å². The van der Waals surface area contributed by atoms with Crippen LogP contribution in [-0.2, 0) is 10.8 Å². The van der Waals surface area contributed by atoms with Crippen molar-refractivity contribution in [3.05, 3.63) is 126 Å². The van der Waals surface area contributed by atoms with Crippen molar-refractivity contribution in [3.63, 3.8) is 0 Å². The molecular weight excluding hydrogens is 589 g/mol. The molecule has 1 aliphatic rings. The smallest absolute Gasteiger partial charge is 0.137 e. The van der Waals surface area contributed by atoms with E-state index in [0.29, 0.717) is 0 Å². The fourth-order valence-corrected chi connectivity index (χ4v) is 6.55. The van der Waals surface area contributed by atoms with Crippen LogP contribution >= 0.6 is 0 Å². The molecule has 0 aliphatic carbocycles. The maximum absolute atomic E-state index is 6.91. The molecule has 0 saturated heterocycles. The maximum Gasteiger partial charge on any atom is 0.137 e. The van der Waals surface area contributed by atoms with E-state index in [1.54, 1.807) is 0 Å². The third-order valence-corrected chi connectivity index (χ3v) is 9.33. The minimum Gasteiger partial charge on any atom is -0.456 e. The summed E-state index contributed by atoms with van der Waals surface area (Å²) in [4.78, 5) is 15.9. The predicted molar refractivity (Wildman–Crippen MR) is 202 cm³/mol. The molecule has 238 valence electrons. The minimum absolute atomic E-state index is 0.0548. The molecular formula is C43H40N4O. The molecule has 8 rings (SSSR count). The summed E-state index contributed by atoms with van der Waals surface area (Å²) in [5.74, 6) is 0. The van der Waals surface area contributed by atoms with E-state index >= 15 is 0 Å². The Labute approximate surface area is 280 Å². The van der Waals surface area contributed by atoms with Crippen molar-refractivity contribution in [1.29, 1.82) is 0 Å². The van der Waals surface area contributed by atoms with E-state index in [0.717, 1.165) is 77.9 Å². The van der Waals surface area contributed by atoms with Gasteiger partial charge in [0.25, 0.3) is 0 Å². The SMILES string of the molecule is CC(C)(C)c1ccc(-c2c3ccc([nH]3)c3nc(cc4ccc([nH]4)c4ccc([nH]4)c(-c4ccc(C(C)(C)C)cc4)c4ccc2o4)C=C3)cc1. The van der Waals surface area contributed by atoms with Crippen LogP contribution in [0.15, 0.2) is 108 Å². The van der Waals surface area contributed by atoms with Crippen molar-refractivity contribution in [2.45, 2.75) is 52.4 Å². The average molecular weight is 629 g/mol. The second-order valence-electron chi connectivity index (χ2n) is 14.9. The number of fused-ring (bicyclic) bond motifs is 12. The molecule has 7 aromatic rings. The van der Waals surface area contributed by atoms with Gasteiger partial charge in [-0.1, -0.05) is 90.1 Å². The number of nitrogens with zero attached hydrogens (tertiary/aromatic N) is 1. The molecule has 1 aliphatic heterocycles. The topological polar surface area (TPSA) is 73.4 Å². The van der Waals surface area contributed by atoms with Crippen molar-refractivity contribution in [3.8, 4) is 22.3 Å². The van der Waals surface area contributed by atoms with Gasteiger partial charge < -0.3 is 19.4 Å². The number of H-pyrrole nitrogens is 3. The molecule has 2 aromatic carbocycles. The molecule has 0 fully saturated rings. The van der Waals surface area contributed by atoms with Gasteiger partial charge in [0.1, 0.15) is 11.2 Å². The molecule has 0 spiro atoms. The number of benzene rings is 2. The molecule has 0 saturated carbocycles. The molecule has 5 aromatic heterocycles. The number of furan rings is 1. The van der Waals surface area contributed by atoms with Crippen LogP contribution < -0.4 is 0 Å². The lowest BCUT2D eigenvalue weighted by Gasteiger charge is -2.19. The Bertz CT molecular complexity index is 2500. The molecule has 6 heterocycles. The van der Waals surface area contributed by atoms with Crippen molar-refractivity contribution < 1.29 is 4.42 Å². The van der Waals surface area contributed by atoms with Gasteiger partial charge in [0, 0.05) is 16.6 Å². The number of nitrogens with one attached hydrogen (secondary N) is 3. The first kappa shape index (κ1) is 29.8. The van der Waals surface area contributed by atoms with Gasteiger partial charge in [-0.3, -0.25) is 0 Å². The Hall–Kier alpha value is -5.55. The first-order valence-electron chi connectivity index (χ1n) is 16.6. The van der Waals surface area contributed by atoms with Gasteiger partial charge in [-0.05, 0) is 99.8 Å². The highest BCUT2D eigenvalue weighted by Crippen LogP contribution is 2.36. The van der Waals surface area contributed by atoms with Gasteiger partial charge in [0.15, 0.2) is 0 Å². The highest BCUT2D eigenvalue weighted by molar-refractivity contribution is 5.97. The zero-order valence-corrected chi connectivity index (χ0v) is 28.3. The zero-order chi connectivity index (χ0) is 33.2. The van der Waals surface area contributed by atoms with Gasteiger partial charge in [-0.2, -0.15) is 0 Å². The standard InChI is InChI=1S/C43H40N4O/c1-42(2,3)28-11-7-26(8-12-28)40-36-21-19-34(46-36)32-17-15-30(44-32)25-31-16-18-33(45-31)35-20-22-37(47-35)41(39-24-23-38(40)48-39)27-9-13-29(14-10-27)43(4,5)6/h7-25,44,46-47H,1-6H3. The first-order chi connectivity index (χ1) is 23.0. The minimum atomic E-state index is 0.0548. The monoisotopic (exact) mass is 628 g/mol. The molecule has 3 N–H and O–H groups in total. The van der Waals surface area contributed by atoms with E-state index in [-0.39, 0.29) is 10.8 Å². The predicted octanol–water partition coefficient (Wildman–Crippen LogP) is 11.9. The summed E-state index contributed by atoms with van der Waals surface area (Å²) in [6.07, 6.45) is 4.11. The Kier molecular flexibility index (Phi) is 6.85. The number of aromatic amines is 3. The van der Waals surface area contributed by atoms with Gasteiger partial charge in [0.2, 0.25) is 0 Å². The second kappa shape index (κ2) is 11.0. The Morgan fingerprint density at radius 3 is 1.52 bits per heavy atom. The highest BCUT2D eigenvalue weighted by atomic mass is 16.3. The van der Waals surface area contributed by atoms with Crippen LogP contribution in [0.25, 0.3) is 78.7 Å². The van der Waals surface area contributed by atoms with Crippen LogP contribution in [0.2, 0.25) is 0 Å². The fraction of sp³-hybridized carbons (Fsp3) is 0.186. The van der Waals surface area contributed by atoms with Crippen LogP contribution in [0, 0.1) is 0 Å².